The van der Waals surface area contributed by atoms with E-state index in [2.05, 4.69) is 0 Å². The van der Waals surface area contributed by atoms with Crippen molar-refractivity contribution in [2.75, 3.05) is 6.54 Å². The van der Waals surface area contributed by atoms with Crippen molar-refractivity contribution in [3.63, 3.8) is 0 Å². The molecule has 1 heterocycles. The Bertz CT molecular complexity index is 561. The second kappa shape index (κ2) is 5.72. The third kappa shape index (κ3) is 2.79. The minimum Gasteiger partial charge on any atom is -0.338 e. The molecule has 2 N–H and O–H groups in total. The summed E-state index contributed by atoms with van der Waals surface area (Å²) in [4.78, 5) is 14.0. The average Bonchev–Trinajstić information content (AvgIpc) is 2.88. The Morgan fingerprint density at radius 1 is 1.24 bits per heavy atom. The van der Waals surface area contributed by atoms with E-state index in [-0.39, 0.29) is 30.2 Å². The number of hydrogen-bond acceptors (Lipinski definition) is 2. The van der Waals surface area contributed by atoms with Crippen LogP contribution in [0.3, 0.4) is 0 Å². The van der Waals surface area contributed by atoms with Crippen LogP contribution in [0.25, 0.3) is 0 Å². The standard InChI is InChI=1S/C16H20F2N2O/c17-13-4-5-14(18)12-9-20(7-6-11(12)13)16(21)8-10-2-1-3-15(10)19/h4-5,10,15H,1-3,6-9,19H2/t10-,15+/m0/s1. The number of fused-ring (bicyclic) bond motifs is 1. The Balaban J connectivity index is 1.71. The van der Waals surface area contributed by atoms with Crippen LogP contribution in [0.4, 0.5) is 8.78 Å². The molecule has 5 heteroatoms. The summed E-state index contributed by atoms with van der Waals surface area (Å²) in [7, 11) is 0. The van der Waals surface area contributed by atoms with E-state index in [1.165, 1.54) is 0 Å². The van der Waals surface area contributed by atoms with Crippen LogP contribution in [0.2, 0.25) is 0 Å². The van der Waals surface area contributed by atoms with Gasteiger partial charge in [-0.1, -0.05) is 6.42 Å². The van der Waals surface area contributed by atoms with Gasteiger partial charge in [0.05, 0.1) is 0 Å². The number of amides is 1. The molecule has 1 aromatic carbocycles. The summed E-state index contributed by atoms with van der Waals surface area (Å²) in [6.45, 7) is 0.619. The van der Waals surface area contributed by atoms with Crippen LogP contribution in [-0.4, -0.2) is 23.4 Å². The minimum atomic E-state index is -0.429. The molecule has 0 radical (unpaired) electrons. The number of nitrogens with two attached hydrogens (primary N) is 1. The minimum absolute atomic E-state index is 0.00617. The van der Waals surface area contributed by atoms with Crippen molar-refractivity contribution in [1.82, 2.24) is 4.90 Å². The largest absolute Gasteiger partial charge is 0.338 e. The quantitative estimate of drug-likeness (QED) is 0.910. The van der Waals surface area contributed by atoms with Crippen LogP contribution in [0.5, 0.6) is 0 Å². The molecule has 1 aliphatic carbocycles. The predicted molar refractivity (Wildman–Crippen MR) is 75.4 cm³/mol. The van der Waals surface area contributed by atoms with Gasteiger partial charge in [0.2, 0.25) is 5.91 Å². The first-order chi connectivity index (χ1) is 10.1. The molecule has 2 aliphatic rings. The fraction of sp³-hybridized carbons (Fsp3) is 0.562. The van der Waals surface area contributed by atoms with E-state index in [9.17, 15) is 13.6 Å². The van der Waals surface area contributed by atoms with Crippen molar-refractivity contribution >= 4 is 5.91 Å². The molecule has 1 aromatic rings. The second-order valence-corrected chi connectivity index (χ2v) is 6.11. The third-order valence-electron chi connectivity index (χ3n) is 4.80. The molecule has 0 spiro atoms. The SMILES string of the molecule is N[C@@H]1CCC[C@H]1CC(=O)N1CCc2c(F)ccc(F)c2C1. The molecule has 114 valence electrons. The lowest BCUT2D eigenvalue weighted by Gasteiger charge is -2.30. The van der Waals surface area contributed by atoms with Gasteiger partial charge >= 0.3 is 0 Å². The van der Waals surface area contributed by atoms with Gasteiger partial charge in [-0.15, -0.1) is 0 Å². The second-order valence-electron chi connectivity index (χ2n) is 6.11. The maximum absolute atomic E-state index is 13.8. The van der Waals surface area contributed by atoms with Crippen LogP contribution in [0, 0.1) is 17.6 Å². The van der Waals surface area contributed by atoms with Crippen LogP contribution < -0.4 is 5.73 Å². The summed E-state index contributed by atoms with van der Waals surface area (Å²) in [5, 5.41) is 0. The van der Waals surface area contributed by atoms with E-state index < -0.39 is 5.82 Å². The van der Waals surface area contributed by atoms with Gasteiger partial charge < -0.3 is 10.6 Å². The fourth-order valence-electron chi connectivity index (χ4n) is 3.48. The zero-order valence-corrected chi connectivity index (χ0v) is 11.9. The van der Waals surface area contributed by atoms with Crippen molar-refractivity contribution in [3.8, 4) is 0 Å². The lowest BCUT2D eigenvalue weighted by atomic mass is 9.96. The number of halogens is 2. The molecule has 3 rings (SSSR count). The van der Waals surface area contributed by atoms with E-state index in [4.69, 9.17) is 5.73 Å². The average molecular weight is 294 g/mol. The van der Waals surface area contributed by atoms with E-state index in [1.807, 2.05) is 0 Å². The molecule has 0 bridgehead atoms. The molecule has 1 aliphatic heterocycles. The summed E-state index contributed by atoms with van der Waals surface area (Å²) in [6, 6.07) is 2.39. The first-order valence-electron chi connectivity index (χ1n) is 7.55. The summed E-state index contributed by atoms with van der Waals surface area (Å²) < 4.78 is 27.5. The van der Waals surface area contributed by atoms with Crippen molar-refractivity contribution < 1.29 is 13.6 Å². The van der Waals surface area contributed by atoms with Gasteiger partial charge in [-0.05, 0) is 42.9 Å². The lowest BCUT2D eigenvalue weighted by molar-refractivity contribution is -0.133. The highest BCUT2D eigenvalue weighted by molar-refractivity contribution is 5.77. The molecule has 0 aromatic heterocycles. The van der Waals surface area contributed by atoms with Crippen molar-refractivity contribution in [2.45, 2.75) is 44.7 Å². The molecule has 21 heavy (non-hydrogen) atoms. The van der Waals surface area contributed by atoms with Crippen LogP contribution in [-0.2, 0) is 17.8 Å². The van der Waals surface area contributed by atoms with Crippen LogP contribution >= 0.6 is 0 Å². The highest BCUT2D eigenvalue weighted by Gasteiger charge is 2.30. The van der Waals surface area contributed by atoms with Crippen molar-refractivity contribution in [3.05, 3.63) is 34.9 Å². The van der Waals surface area contributed by atoms with E-state index in [1.54, 1.807) is 4.90 Å². The van der Waals surface area contributed by atoms with Gasteiger partial charge in [0, 0.05) is 31.1 Å². The van der Waals surface area contributed by atoms with E-state index in [0.29, 0.717) is 30.5 Å². The molecule has 3 nitrogen and oxygen atoms in total. The lowest BCUT2D eigenvalue weighted by Crippen LogP contribution is -2.39. The fourth-order valence-corrected chi connectivity index (χ4v) is 3.48. The smallest absolute Gasteiger partial charge is 0.223 e. The highest BCUT2D eigenvalue weighted by atomic mass is 19.1. The molecule has 2 atom stereocenters. The zero-order chi connectivity index (χ0) is 15.0. The number of carbonyl (C=O) groups excluding carboxylic acids is 1. The van der Waals surface area contributed by atoms with Crippen molar-refractivity contribution in [2.24, 2.45) is 11.7 Å². The first-order valence-corrected chi connectivity index (χ1v) is 7.55. The molecule has 1 amide bonds. The van der Waals surface area contributed by atoms with E-state index in [0.717, 1.165) is 31.4 Å². The molecule has 0 unspecified atom stereocenters. The number of nitrogens with zero attached hydrogens (tertiary/aromatic N) is 1. The monoisotopic (exact) mass is 294 g/mol. The topological polar surface area (TPSA) is 46.3 Å². The zero-order valence-electron chi connectivity index (χ0n) is 11.9. The molecular formula is C16H20F2N2O. The molecule has 1 saturated carbocycles. The van der Waals surface area contributed by atoms with E-state index >= 15 is 0 Å². The summed E-state index contributed by atoms with van der Waals surface area (Å²) in [5.74, 6) is -0.569. The van der Waals surface area contributed by atoms with Crippen LogP contribution in [0.1, 0.15) is 36.8 Å². The Hall–Kier alpha value is -1.49. The Morgan fingerprint density at radius 3 is 2.62 bits per heavy atom. The van der Waals surface area contributed by atoms with Gasteiger partial charge in [-0.2, -0.15) is 0 Å². The molecule has 1 fully saturated rings. The number of hydrogen-bond donors (Lipinski definition) is 1. The summed E-state index contributed by atoms with van der Waals surface area (Å²) in [5.41, 5.74) is 6.73. The Kier molecular flexibility index (Phi) is 3.93. The molecular weight excluding hydrogens is 274 g/mol. The van der Waals surface area contributed by atoms with Gasteiger partial charge in [0.15, 0.2) is 0 Å². The summed E-state index contributed by atoms with van der Waals surface area (Å²) in [6.07, 6.45) is 3.83. The molecule has 0 saturated heterocycles. The predicted octanol–water partition coefficient (Wildman–Crippen LogP) is 2.37. The van der Waals surface area contributed by atoms with Gasteiger partial charge in [0.1, 0.15) is 11.6 Å². The van der Waals surface area contributed by atoms with Crippen molar-refractivity contribution in [1.29, 1.82) is 0 Å². The Morgan fingerprint density at radius 2 is 1.95 bits per heavy atom. The Labute approximate surface area is 123 Å². The maximum atomic E-state index is 13.8. The van der Waals surface area contributed by atoms with Crippen LogP contribution in [0.15, 0.2) is 12.1 Å². The first kappa shape index (κ1) is 14.4. The maximum Gasteiger partial charge on any atom is 0.223 e. The van der Waals surface area contributed by atoms with Gasteiger partial charge in [-0.25, -0.2) is 8.78 Å². The normalized spacial score (nSPS) is 25.0. The van der Waals surface area contributed by atoms with Gasteiger partial charge in [-0.3, -0.25) is 4.79 Å². The third-order valence-corrected chi connectivity index (χ3v) is 4.80. The highest BCUT2D eigenvalue weighted by Crippen LogP contribution is 2.29. The summed E-state index contributed by atoms with van der Waals surface area (Å²) >= 11 is 0. The number of rotatable bonds is 2. The number of carbonyl (C=O) groups is 1. The number of benzene rings is 1. The van der Waals surface area contributed by atoms with Gasteiger partial charge in [0.25, 0.3) is 0 Å².